The molecule has 2 aromatic heterocycles. The third-order valence-electron chi connectivity index (χ3n) is 5.16. The summed E-state index contributed by atoms with van der Waals surface area (Å²) in [6.45, 7) is 6.45. The predicted octanol–water partition coefficient (Wildman–Crippen LogP) is 2.95. The number of hydrogen-bond acceptors (Lipinski definition) is 5. The summed E-state index contributed by atoms with van der Waals surface area (Å²) in [5.41, 5.74) is 10.4. The minimum atomic E-state index is 0. The van der Waals surface area contributed by atoms with E-state index in [1.54, 1.807) is 11.7 Å². The van der Waals surface area contributed by atoms with Crippen LogP contribution in [0.25, 0.3) is 5.69 Å². The summed E-state index contributed by atoms with van der Waals surface area (Å²) in [6, 6.07) is 13.9. The van der Waals surface area contributed by atoms with Gasteiger partial charge >= 0.3 is 0 Å². The summed E-state index contributed by atoms with van der Waals surface area (Å²) in [6.07, 6.45) is 2.39. The Morgan fingerprint density at radius 3 is 2.42 bits per heavy atom. The summed E-state index contributed by atoms with van der Waals surface area (Å²) in [5.74, 6) is 1.13. The minimum absolute atomic E-state index is 0. The van der Waals surface area contributed by atoms with Crippen LogP contribution < -0.4 is 16.4 Å². The van der Waals surface area contributed by atoms with Gasteiger partial charge in [-0.3, -0.25) is 9.67 Å². The Hall–Kier alpha value is -3.07. The van der Waals surface area contributed by atoms with Crippen molar-refractivity contribution in [2.24, 2.45) is 4.99 Å². The second kappa shape index (κ2) is 12.8. The van der Waals surface area contributed by atoms with E-state index < -0.39 is 0 Å². The molecular weight excluding hydrogens is 529 g/mol. The first kappa shape index (κ1) is 26.2. The number of aromatic nitrogens is 4. The van der Waals surface area contributed by atoms with Crippen molar-refractivity contribution in [2.45, 2.75) is 39.7 Å². The number of hydrogen-bond donors (Lipinski definition) is 3. The van der Waals surface area contributed by atoms with E-state index >= 15 is 0 Å². The minimum Gasteiger partial charge on any atom is -0.382 e. The molecule has 10 heteroatoms. The molecule has 2 heterocycles. The topological polar surface area (TPSA) is 122 Å². The van der Waals surface area contributed by atoms with E-state index in [9.17, 15) is 5.26 Å². The Kier molecular flexibility index (Phi) is 10.2. The summed E-state index contributed by atoms with van der Waals surface area (Å²) >= 11 is 0. The van der Waals surface area contributed by atoms with Crippen LogP contribution in [0.4, 0.5) is 5.82 Å². The first-order valence-corrected chi connectivity index (χ1v) is 10.8. The molecule has 0 aliphatic heterocycles. The molecule has 0 saturated heterocycles. The third-order valence-corrected chi connectivity index (χ3v) is 5.16. The van der Waals surface area contributed by atoms with Crippen LogP contribution in [0.15, 0.2) is 41.4 Å². The van der Waals surface area contributed by atoms with Gasteiger partial charge in [0.1, 0.15) is 17.5 Å². The van der Waals surface area contributed by atoms with Gasteiger partial charge in [0.15, 0.2) is 5.96 Å². The summed E-state index contributed by atoms with van der Waals surface area (Å²) < 4.78 is 3.66. The van der Waals surface area contributed by atoms with Crippen molar-refractivity contribution in [3.05, 3.63) is 59.0 Å². The molecule has 0 bridgehead atoms. The highest BCUT2D eigenvalue weighted by molar-refractivity contribution is 14.0. The number of anilines is 1. The highest BCUT2D eigenvalue weighted by Crippen LogP contribution is 2.21. The van der Waals surface area contributed by atoms with Crippen molar-refractivity contribution < 1.29 is 0 Å². The lowest BCUT2D eigenvalue weighted by Crippen LogP contribution is -2.38. The molecule has 3 rings (SSSR count). The number of nitrogens with two attached hydrogens (primary N) is 1. The molecule has 0 aliphatic rings. The molecule has 3 aromatic rings. The number of nitrogens with zero attached hydrogens (tertiary/aromatic N) is 6. The fourth-order valence-electron chi connectivity index (χ4n) is 3.56. The maximum Gasteiger partial charge on any atom is 0.190 e. The molecule has 0 atom stereocenters. The molecule has 0 aliphatic carbocycles. The van der Waals surface area contributed by atoms with E-state index in [1.165, 1.54) is 5.69 Å². The van der Waals surface area contributed by atoms with E-state index in [-0.39, 0.29) is 24.0 Å². The van der Waals surface area contributed by atoms with Gasteiger partial charge in [0.05, 0.1) is 17.1 Å². The van der Waals surface area contributed by atoms with Gasteiger partial charge in [0, 0.05) is 32.4 Å². The van der Waals surface area contributed by atoms with Gasteiger partial charge in [-0.05, 0) is 51.3 Å². The SMILES string of the molecule is CN=C(NCCCc1nn(-c2ccccc2)c(N)c1C#N)NCCCn1nc(C)cc1C.I. The summed E-state index contributed by atoms with van der Waals surface area (Å²) in [4.78, 5) is 4.27. The normalized spacial score (nSPS) is 11.0. The average Bonchev–Trinajstić information content (AvgIpc) is 3.30. The zero-order valence-electron chi connectivity index (χ0n) is 19.4. The lowest BCUT2D eigenvalue weighted by atomic mass is 10.1. The monoisotopic (exact) mass is 561 g/mol. The molecule has 0 amide bonds. The molecule has 1 aromatic carbocycles. The molecule has 0 unspecified atom stereocenters. The van der Waals surface area contributed by atoms with E-state index in [1.807, 2.05) is 41.9 Å². The molecule has 9 nitrogen and oxygen atoms in total. The molecule has 0 saturated carbocycles. The average molecular weight is 561 g/mol. The second-order valence-corrected chi connectivity index (χ2v) is 7.60. The largest absolute Gasteiger partial charge is 0.382 e. The number of rotatable bonds is 9. The smallest absolute Gasteiger partial charge is 0.190 e. The van der Waals surface area contributed by atoms with E-state index in [0.717, 1.165) is 43.3 Å². The van der Waals surface area contributed by atoms with E-state index in [0.29, 0.717) is 30.0 Å². The summed E-state index contributed by atoms with van der Waals surface area (Å²) in [5, 5.41) is 25.2. The Morgan fingerprint density at radius 1 is 1.12 bits per heavy atom. The standard InChI is InChI=1S/C23H31N9.HI/c1-17-15-18(2)31(29-17)14-8-13-28-23(26-3)27-12-7-11-21-20(16-24)22(25)32(30-21)19-9-5-4-6-10-19;/h4-6,9-10,15H,7-8,11-14,25H2,1-3H3,(H2,26,27,28);1H. The third kappa shape index (κ3) is 6.95. The van der Waals surface area contributed by atoms with Crippen LogP contribution in [-0.2, 0) is 13.0 Å². The van der Waals surface area contributed by atoms with Crippen LogP contribution >= 0.6 is 24.0 Å². The number of nitriles is 1. The van der Waals surface area contributed by atoms with Gasteiger partial charge in [-0.1, -0.05) is 18.2 Å². The number of benzene rings is 1. The van der Waals surface area contributed by atoms with Gasteiger partial charge in [0.25, 0.3) is 0 Å². The van der Waals surface area contributed by atoms with E-state index in [4.69, 9.17) is 5.73 Å². The Bertz CT molecular complexity index is 1090. The number of nitrogen functional groups attached to an aromatic ring is 1. The number of guanidine groups is 1. The van der Waals surface area contributed by atoms with Crippen molar-refractivity contribution >= 4 is 35.8 Å². The van der Waals surface area contributed by atoms with Gasteiger partial charge in [0.2, 0.25) is 0 Å². The van der Waals surface area contributed by atoms with Crippen LogP contribution in [0.5, 0.6) is 0 Å². The second-order valence-electron chi connectivity index (χ2n) is 7.60. The molecule has 33 heavy (non-hydrogen) atoms. The van der Waals surface area contributed by atoms with Crippen molar-refractivity contribution in [2.75, 3.05) is 25.9 Å². The number of halogens is 1. The Morgan fingerprint density at radius 2 is 1.82 bits per heavy atom. The quantitative estimate of drug-likeness (QED) is 0.160. The number of para-hydroxylation sites is 1. The maximum atomic E-state index is 9.53. The number of nitrogens with one attached hydrogen (secondary N) is 2. The van der Waals surface area contributed by atoms with Crippen molar-refractivity contribution in [1.29, 1.82) is 5.26 Å². The molecule has 4 N–H and O–H groups in total. The van der Waals surface area contributed by atoms with Crippen LogP contribution in [0.3, 0.4) is 0 Å². The van der Waals surface area contributed by atoms with Crippen molar-refractivity contribution in [1.82, 2.24) is 30.2 Å². The lowest BCUT2D eigenvalue weighted by molar-refractivity contribution is 0.555. The van der Waals surface area contributed by atoms with Crippen LogP contribution in [0.1, 0.15) is 35.5 Å². The Balaban J connectivity index is 0.00000385. The van der Waals surface area contributed by atoms with Crippen molar-refractivity contribution in [3.63, 3.8) is 0 Å². The molecular formula is C23H32IN9. The highest BCUT2D eigenvalue weighted by Gasteiger charge is 2.16. The zero-order chi connectivity index (χ0) is 22.9. The lowest BCUT2D eigenvalue weighted by Gasteiger charge is -2.12. The van der Waals surface area contributed by atoms with Crippen LogP contribution in [-0.4, -0.2) is 45.7 Å². The first-order valence-electron chi connectivity index (χ1n) is 10.8. The molecule has 176 valence electrons. The number of aryl methyl sites for hydroxylation is 4. The summed E-state index contributed by atoms with van der Waals surface area (Å²) in [7, 11) is 1.76. The van der Waals surface area contributed by atoms with Crippen LogP contribution in [0, 0.1) is 25.2 Å². The Labute approximate surface area is 212 Å². The fourth-order valence-corrected chi connectivity index (χ4v) is 3.56. The van der Waals surface area contributed by atoms with Gasteiger partial charge < -0.3 is 16.4 Å². The van der Waals surface area contributed by atoms with Gasteiger partial charge in [-0.15, -0.1) is 24.0 Å². The molecule has 0 fully saturated rings. The predicted molar refractivity (Wildman–Crippen MR) is 142 cm³/mol. The van der Waals surface area contributed by atoms with Crippen molar-refractivity contribution in [3.8, 4) is 11.8 Å². The van der Waals surface area contributed by atoms with Gasteiger partial charge in [-0.2, -0.15) is 15.5 Å². The van der Waals surface area contributed by atoms with E-state index in [2.05, 4.69) is 44.9 Å². The van der Waals surface area contributed by atoms with Crippen LogP contribution in [0.2, 0.25) is 0 Å². The number of aliphatic imine (C=N–C) groups is 1. The fraction of sp³-hybridized carbons (Fsp3) is 0.391. The zero-order valence-corrected chi connectivity index (χ0v) is 21.7. The highest BCUT2D eigenvalue weighted by atomic mass is 127. The molecule has 0 spiro atoms. The van der Waals surface area contributed by atoms with Gasteiger partial charge in [-0.25, -0.2) is 4.68 Å². The maximum absolute atomic E-state index is 9.53. The first-order chi connectivity index (χ1) is 15.5. The molecule has 0 radical (unpaired) electrons.